The zero-order valence-electron chi connectivity index (χ0n) is 10.0. The summed E-state index contributed by atoms with van der Waals surface area (Å²) < 4.78 is 0. The summed E-state index contributed by atoms with van der Waals surface area (Å²) in [7, 11) is 0. The molecule has 17 heavy (non-hydrogen) atoms. The van der Waals surface area contributed by atoms with Crippen LogP contribution in [0.3, 0.4) is 0 Å². The molecule has 0 aromatic heterocycles. The lowest BCUT2D eigenvalue weighted by Gasteiger charge is -2.41. The van der Waals surface area contributed by atoms with E-state index >= 15 is 0 Å². The molecule has 0 bridgehead atoms. The molecule has 1 saturated carbocycles. The highest BCUT2D eigenvalue weighted by molar-refractivity contribution is 5.67. The predicted octanol–water partition coefficient (Wildman–Crippen LogP) is 2.51. The van der Waals surface area contributed by atoms with Crippen molar-refractivity contribution in [2.75, 3.05) is 0 Å². The molecule has 1 fully saturated rings. The van der Waals surface area contributed by atoms with Crippen molar-refractivity contribution in [3.8, 4) is 0 Å². The second-order valence-corrected chi connectivity index (χ2v) is 5.17. The maximum Gasteiger partial charge on any atom is 0.304 e. The maximum atomic E-state index is 10.9. The van der Waals surface area contributed by atoms with Gasteiger partial charge in [0.15, 0.2) is 0 Å². The van der Waals surface area contributed by atoms with E-state index in [1.54, 1.807) is 6.08 Å². The van der Waals surface area contributed by atoms with Gasteiger partial charge < -0.3 is 10.2 Å². The van der Waals surface area contributed by atoms with Gasteiger partial charge in [-0.15, -0.1) is 0 Å². The predicted molar refractivity (Wildman–Crippen MR) is 65.5 cm³/mol. The zero-order valence-corrected chi connectivity index (χ0v) is 10.0. The van der Waals surface area contributed by atoms with E-state index in [0.29, 0.717) is 0 Å². The van der Waals surface area contributed by atoms with Crippen LogP contribution in [0, 0.1) is 11.8 Å². The van der Waals surface area contributed by atoms with E-state index in [9.17, 15) is 9.90 Å². The van der Waals surface area contributed by atoms with Crippen LogP contribution in [-0.2, 0) is 4.79 Å². The molecule has 2 atom stereocenters. The molecule has 0 spiro atoms. The summed E-state index contributed by atoms with van der Waals surface area (Å²) in [6, 6.07) is 0. The molecule has 2 aliphatic rings. The third-order valence-electron chi connectivity index (χ3n) is 4.07. The lowest BCUT2D eigenvalue weighted by atomic mass is 9.68. The molecule has 2 aliphatic carbocycles. The van der Waals surface area contributed by atoms with Crippen molar-refractivity contribution >= 4 is 5.97 Å². The van der Waals surface area contributed by atoms with Crippen molar-refractivity contribution in [3.05, 3.63) is 24.3 Å². The first-order valence-corrected chi connectivity index (χ1v) is 6.43. The second-order valence-electron chi connectivity index (χ2n) is 5.17. The molecular weight excluding hydrogens is 216 g/mol. The quantitative estimate of drug-likeness (QED) is 0.791. The van der Waals surface area contributed by atoms with Gasteiger partial charge in [-0.25, -0.2) is 0 Å². The standard InChI is InChI=1S/C14H20O3/c15-13(16)10-12-8-4-5-9-14(12,17)11-6-2-1-3-7-11/h4-5,8-9,11-12,17H,1-3,6-7,10H2,(H,15,16)/t12-,14+/m1/s1. The van der Waals surface area contributed by atoms with Crippen molar-refractivity contribution < 1.29 is 15.0 Å². The minimum Gasteiger partial charge on any atom is -0.481 e. The molecule has 2 rings (SSSR count). The monoisotopic (exact) mass is 236 g/mol. The van der Waals surface area contributed by atoms with E-state index in [-0.39, 0.29) is 18.3 Å². The Morgan fingerprint density at radius 1 is 1.24 bits per heavy atom. The fourth-order valence-corrected chi connectivity index (χ4v) is 3.11. The Balaban J connectivity index is 2.15. The van der Waals surface area contributed by atoms with Crippen molar-refractivity contribution in [3.63, 3.8) is 0 Å². The summed E-state index contributed by atoms with van der Waals surface area (Å²) in [6.07, 6.45) is 12.9. The Kier molecular flexibility index (Phi) is 3.67. The van der Waals surface area contributed by atoms with Crippen LogP contribution in [-0.4, -0.2) is 21.8 Å². The number of rotatable bonds is 3. The zero-order chi connectivity index (χ0) is 12.3. The van der Waals surface area contributed by atoms with Gasteiger partial charge in [-0.2, -0.15) is 0 Å². The number of hydrogen-bond donors (Lipinski definition) is 2. The Hall–Kier alpha value is -1.09. The molecule has 0 unspecified atom stereocenters. The second kappa shape index (κ2) is 5.05. The highest BCUT2D eigenvalue weighted by Crippen LogP contribution is 2.41. The Morgan fingerprint density at radius 3 is 2.59 bits per heavy atom. The number of allylic oxidation sites excluding steroid dienone is 2. The fraction of sp³-hybridized carbons (Fsp3) is 0.643. The number of aliphatic carboxylic acids is 1. The number of carboxylic acids is 1. The summed E-state index contributed by atoms with van der Waals surface area (Å²) in [5.74, 6) is -0.918. The van der Waals surface area contributed by atoms with Gasteiger partial charge in [-0.3, -0.25) is 4.79 Å². The van der Waals surface area contributed by atoms with Crippen molar-refractivity contribution in [2.45, 2.75) is 44.1 Å². The van der Waals surface area contributed by atoms with Gasteiger partial charge in [0.1, 0.15) is 0 Å². The third kappa shape index (κ3) is 2.60. The summed E-state index contributed by atoms with van der Waals surface area (Å²) in [5.41, 5.74) is -0.951. The van der Waals surface area contributed by atoms with E-state index in [4.69, 9.17) is 5.11 Å². The lowest BCUT2D eigenvalue weighted by molar-refractivity contribution is -0.140. The molecule has 3 heteroatoms. The number of carboxylic acid groups (broad SMARTS) is 1. The SMILES string of the molecule is O=C(O)C[C@H]1C=CC=C[C@]1(O)C1CCCCC1. The average molecular weight is 236 g/mol. The molecule has 0 heterocycles. The van der Waals surface area contributed by atoms with Gasteiger partial charge in [0.25, 0.3) is 0 Å². The highest BCUT2D eigenvalue weighted by atomic mass is 16.4. The summed E-state index contributed by atoms with van der Waals surface area (Å²) in [4.78, 5) is 10.9. The molecule has 3 nitrogen and oxygen atoms in total. The molecule has 0 radical (unpaired) electrons. The van der Waals surface area contributed by atoms with E-state index in [1.807, 2.05) is 18.2 Å². The Morgan fingerprint density at radius 2 is 1.94 bits per heavy atom. The van der Waals surface area contributed by atoms with E-state index in [2.05, 4.69) is 0 Å². The van der Waals surface area contributed by atoms with Gasteiger partial charge in [-0.1, -0.05) is 43.6 Å². The van der Waals surface area contributed by atoms with Gasteiger partial charge in [0.2, 0.25) is 0 Å². The van der Waals surface area contributed by atoms with Crippen LogP contribution in [0.2, 0.25) is 0 Å². The van der Waals surface area contributed by atoms with Crippen LogP contribution in [0.5, 0.6) is 0 Å². The minimum atomic E-state index is -0.951. The smallest absolute Gasteiger partial charge is 0.304 e. The summed E-state index contributed by atoms with van der Waals surface area (Å²) >= 11 is 0. The molecule has 94 valence electrons. The number of carbonyl (C=O) groups is 1. The fourth-order valence-electron chi connectivity index (χ4n) is 3.11. The van der Waals surface area contributed by atoms with Gasteiger partial charge >= 0.3 is 5.97 Å². The summed E-state index contributed by atoms with van der Waals surface area (Å²) in [5, 5.41) is 19.7. The Bertz CT molecular complexity index is 339. The minimum absolute atomic E-state index is 0.00778. The van der Waals surface area contributed by atoms with Crippen molar-refractivity contribution in [1.82, 2.24) is 0 Å². The molecular formula is C14H20O3. The van der Waals surface area contributed by atoms with Crippen LogP contribution in [0.25, 0.3) is 0 Å². The van der Waals surface area contributed by atoms with Crippen LogP contribution in [0.1, 0.15) is 38.5 Å². The molecule has 0 aromatic rings. The number of hydrogen-bond acceptors (Lipinski definition) is 2. The first-order valence-electron chi connectivity index (χ1n) is 6.43. The highest BCUT2D eigenvalue weighted by Gasteiger charge is 2.42. The summed E-state index contributed by atoms with van der Waals surface area (Å²) in [6.45, 7) is 0. The molecule has 0 aromatic carbocycles. The molecule has 0 amide bonds. The largest absolute Gasteiger partial charge is 0.481 e. The third-order valence-corrected chi connectivity index (χ3v) is 4.07. The van der Waals surface area contributed by atoms with Crippen molar-refractivity contribution in [1.29, 1.82) is 0 Å². The van der Waals surface area contributed by atoms with E-state index in [1.165, 1.54) is 6.42 Å². The topological polar surface area (TPSA) is 57.5 Å². The molecule has 2 N–H and O–H groups in total. The van der Waals surface area contributed by atoms with Crippen LogP contribution < -0.4 is 0 Å². The Labute approximate surface area is 102 Å². The molecule has 0 saturated heterocycles. The van der Waals surface area contributed by atoms with E-state index in [0.717, 1.165) is 25.7 Å². The maximum absolute atomic E-state index is 10.9. The van der Waals surface area contributed by atoms with E-state index < -0.39 is 11.6 Å². The molecule has 0 aliphatic heterocycles. The average Bonchev–Trinajstić information content (AvgIpc) is 2.33. The first-order chi connectivity index (χ1) is 8.13. The normalized spacial score (nSPS) is 33.8. The van der Waals surface area contributed by atoms with Gasteiger partial charge in [-0.05, 0) is 18.8 Å². The van der Waals surface area contributed by atoms with Gasteiger partial charge in [0, 0.05) is 5.92 Å². The number of aliphatic hydroxyl groups is 1. The van der Waals surface area contributed by atoms with Crippen LogP contribution in [0.15, 0.2) is 24.3 Å². The first kappa shape index (κ1) is 12.4. The van der Waals surface area contributed by atoms with Crippen LogP contribution >= 0.6 is 0 Å². The van der Waals surface area contributed by atoms with Gasteiger partial charge in [0.05, 0.1) is 12.0 Å². The van der Waals surface area contributed by atoms with Crippen LogP contribution in [0.4, 0.5) is 0 Å². The van der Waals surface area contributed by atoms with Crippen molar-refractivity contribution in [2.24, 2.45) is 11.8 Å². The lowest BCUT2D eigenvalue weighted by Crippen LogP contribution is -2.45.